The molecular weight excluding hydrogens is 348 g/mol. The molecule has 0 aliphatic rings. The topological polar surface area (TPSA) is 84.0 Å². The number of rotatable bonds is 6. The Labute approximate surface area is 153 Å². The zero-order valence-electron chi connectivity index (χ0n) is 14.5. The smallest absolute Gasteiger partial charge is 0.229 e. The Balaban J connectivity index is 1.77. The van der Waals surface area contributed by atoms with Crippen molar-refractivity contribution < 1.29 is 8.42 Å². The van der Waals surface area contributed by atoms with Crippen LogP contribution in [-0.2, 0) is 10.0 Å². The second-order valence-corrected chi connectivity index (χ2v) is 7.77. The van der Waals surface area contributed by atoms with E-state index in [9.17, 15) is 8.42 Å². The molecule has 26 heavy (non-hydrogen) atoms. The summed E-state index contributed by atoms with van der Waals surface area (Å²) in [5, 5.41) is 3.35. The van der Waals surface area contributed by atoms with Crippen LogP contribution in [0.2, 0.25) is 0 Å². The van der Waals surface area contributed by atoms with Crippen LogP contribution in [0, 0.1) is 0 Å². The minimum absolute atomic E-state index is 0.0992. The van der Waals surface area contributed by atoms with E-state index >= 15 is 0 Å². The Morgan fingerprint density at radius 3 is 2.31 bits per heavy atom. The molecule has 0 radical (unpaired) electrons. The van der Waals surface area contributed by atoms with Gasteiger partial charge in [0, 0.05) is 17.3 Å². The van der Waals surface area contributed by atoms with Gasteiger partial charge < -0.3 is 5.32 Å². The lowest BCUT2D eigenvalue weighted by Crippen LogP contribution is -2.09. The molecule has 6 nitrogen and oxygen atoms in total. The van der Waals surface area contributed by atoms with Crippen molar-refractivity contribution in [1.29, 1.82) is 0 Å². The Morgan fingerprint density at radius 1 is 0.962 bits per heavy atom. The van der Waals surface area contributed by atoms with Crippen LogP contribution in [-0.4, -0.2) is 24.6 Å². The lowest BCUT2D eigenvalue weighted by atomic mass is 10.1. The summed E-state index contributed by atoms with van der Waals surface area (Å²) in [5.41, 5.74) is 3.24. The van der Waals surface area contributed by atoms with Crippen LogP contribution in [0.4, 0.5) is 11.5 Å². The van der Waals surface area contributed by atoms with E-state index in [0.29, 0.717) is 17.2 Å². The number of anilines is 2. The van der Waals surface area contributed by atoms with Gasteiger partial charge in [0.15, 0.2) is 0 Å². The molecule has 0 amide bonds. The molecule has 0 saturated carbocycles. The van der Waals surface area contributed by atoms with Crippen LogP contribution in [0.15, 0.2) is 67.0 Å². The van der Waals surface area contributed by atoms with Gasteiger partial charge in [-0.25, -0.2) is 13.4 Å². The molecule has 7 heteroatoms. The van der Waals surface area contributed by atoms with Crippen molar-refractivity contribution in [3.63, 3.8) is 0 Å². The first-order valence-electron chi connectivity index (χ1n) is 8.12. The van der Waals surface area contributed by atoms with E-state index in [1.807, 2.05) is 30.3 Å². The number of sulfonamides is 1. The summed E-state index contributed by atoms with van der Waals surface area (Å²) in [7, 11) is -3.29. The van der Waals surface area contributed by atoms with Gasteiger partial charge in [-0.3, -0.25) is 9.71 Å². The van der Waals surface area contributed by atoms with Gasteiger partial charge in [-0.15, -0.1) is 0 Å². The zero-order chi connectivity index (χ0) is 18.6. The monoisotopic (exact) mass is 368 g/mol. The van der Waals surface area contributed by atoms with E-state index < -0.39 is 10.0 Å². The molecule has 2 aromatic carbocycles. The third-order valence-electron chi connectivity index (χ3n) is 3.78. The molecule has 1 aromatic heterocycles. The van der Waals surface area contributed by atoms with E-state index in [0.717, 1.165) is 17.4 Å². The van der Waals surface area contributed by atoms with E-state index in [2.05, 4.69) is 39.1 Å². The summed E-state index contributed by atoms with van der Waals surface area (Å²) < 4.78 is 25.0. The van der Waals surface area contributed by atoms with E-state index in [1.54, 1.807) is 24.5 Å². The maximum atomic E-state index is 11.3. The number of aromatic nitrogens is 2. The molecule has 1 heterocycles. The fourth-order valence-corrected chi connectivity index (χ4v) is 3.11. The highest BCUT2D eigenvalue weighted by Crippen LogP contribution is 2.22. The minimum Gasteiger partial charge on any atom is -0.362 e. The summed E-state index contributed by atoms with van der Waals surface area (Å²) >= 11 is 0. The molecule has 0 bridgehead atoms. The van der Waals surface area contributed by atoms with E-state index in [4.69, 9.17) is 0 Å². The summed E-state index contributed by atoms with van der Waals surface area (Å²) in [5.74, 6) is 0.678. The van der Waals surface area contributed by atoms with Crippen LogP contribution in [0.25, 0.3) is 11.3 Å². The highest BCUT2D eigenvalue weighted by molar-refractivity contribution is 7.92. The Bertz CT molecular complexity index is 974. The van der Waals surface area contributed by atoms with E-state index in [1.165, 1.54) is 0 Å². The third-order valence-corrected chi connectivity index (χ3v) is 4.39. The molecule has 2 N–H and O–H groups in total. The highest BCUT2D eigenvalue weighted by atomic mass is 32.2. The number of nitrogens with zero attached hydrogens (tertiary/aromatic N) is 2. The zero-order valence-corrected chi connectivity index (χ0v) is 15.4. The molecule has 0 aliphatic carbocycles. The van der Waals surface area contributed by atoms with Crippen molar-refractivity contribution in [1.82, 2.24) is 9.97 Å². The standard InChI is InChI=1S/C19H20N4O2S/c1-14(15-6-4-3-5-7-15)21-19-13-20-12-18(22-19)16-8-10-17(11-9-16)23-26(2,24)25/h3-14,23H,1-2H3,(H,21,22)/t14-/m0/s1. The summed E-state index contributed by atoms with van der Waals surface area (Å²) in [6.07, 6.45) is 4.48. The van der Waals surface area contributed by atoms with Crippen molar-refractivity contribution in [2.75, 3.05) is 16.3 Å². The minimum atomic E-state index is -3.29. The molecule has 3 aromatic rings. The lowest BCUT2D eigenvalue weighted by Gasteiger charge is -2.15. The third kappa shape index (κ3) is 4.80. The van der Waals surface area contributed by atoms with Gasteiger partial charge in [0.1, 0.15) is 5.82 Å². The molecule has 0 saturated heterocycles. The summed E-state index contributed by atoms with van der Waals surface area (Å²) in [6, 6.07) is 17.2. The fraction of sp³-hybridized carbons (Fsp3) is 0.158. The van der Waals surface area contributed by atoms with Crippen LogP contribution in [0.3, 0.4) is 0 Å². The van der Waals surface area contributed by atoms with Crippen molar-refractivity contribution in [3.05, 3.63) is 72.6 Å². The van der Waals surface area contributed by atoms with Crippen LogP contribution < -0.4 is 10.0 Å². The van der Waals surface area contributed by atoms with Crippen LogP contribution in [0.1, 0.15) is 18.5 Å². The molecule has 1 atom stereocenters. The van der Waals surface area contributed by atoms with Gasteiger partial charge >= 0.3 is 0 Å². The summed E-state index contributed by atoms with van der Waals surface area (Å²) in [4.78, 5) is 8.85. The Kier molecular flexibility index (Phi) is 5.18. The first-order chi connectivity index (χ1) is 12.4. The van der Waals surface area contributed by atoms with Gasteiger partial charge in [-0.05, 0) is 24.6 Å². The molecule has 0 spiro atoms. The second kappa shape index (κ2) is 7.53. The largest absolute Gasteiger partial charge is 0.362 e. The van der Waals surface area contributed by atoms with Gasteiger partial charge in [0.25, 0.3) is 0 Å². The number of hydrogen-bond acceptors (Lipinski definition) is 5. The molecule has 3 rings (SSSR count). The second-order valence-electron chi connectivity index (χ2n) is 6.02. The molecule has 134 valence electrons. The molecule has 0 unspecified atom stereocenters. The lowest BCUT2D eigenvalue weighted by molar-refractivity contribution is 0.607. The van der Waals surface area contributed by atoms with Crippen molar-refractivity contribution in [2.45, 2.75) is 13.0 Å². The SMILES string of the molecule is C[C@H](Nc1cncc(-c2ccc(NS(C)(=O)=O)cc2)n1)c1ccccc1. The maximum absolute atomic E-state index is 11.3. The predicted molar refractivity (Wildman–Crippen MR) is 104 cm³/mol. The van der Waals surface area contributed by atoms with Crippen LogP contribution in [0.5, 0.6) is 0 Å². The van der Waals surface area contributed by atoms with E-state index in [-0.39, 0.29) is 6.04 Å². The first kappa shape index (κ1) is 17.9. The van der Waals surface area contributed by atoms with Gasteiger partial charge in [0.05, 0.1) is 24.3 Å². The Hall–Kier alpha value is -2.93. The van der Waals surface area contributed by atoms with Crippen molar-refractivity contribution in [3.8, 4) is 11.3 Å². The van der Waals surface area contributed by atoms with Crippen LogP contribution >= 0.6 is 0 Å². The normalized spacial score (nSPS) is 12.4. The quantitative estimate of drug-likeness (QED) is 0.693. The van der Waals surface area contributed by atoms with Crippen molar-refractivity contribution >= 4 is 21.5 Å². The average molecular weight is 368 g/mol. The number of nitrogens with one attached hydrogen (secondary N) is 2. The number of benzene rings is 2. The molecular formula is C19H20N4O2S. The Morgan fingerprint density at radius 2 is 1.65 bits per heavy atom. The first-order valence-corrected chi connectivity index (χ1v) is 10.0. The summed E-state index contributed by atoms with van der Waals surface area (Å²) in [6.45, 7) is 2.06. The molecule has 0 fully saturated rings. The van der Waals surface area contributed by atoms with Gasteiger partial charge in [-0.2, -0.15) is 0 Å². The maximum Gasteiger partial charge on any atom is 0.229 e. The molecule has 0 aliphatic heterocycles. The number of hydrogen-bond donors (Lipinski definition) is 2. The van der Waals surface area contributed by atoms with Gasteiger partial charge in [-0.1, -0.05) is 42.5 Å². The highest BCUT2D eigenvalue weighted by Gasteiger charge is 2.08. The average Bonchev–Trinajstić information content (AvgIpc) is 2.62. The van der Waals surface area contributed by atoms with Gasteiger partial charge in [0.2, 0.25) is 10.0 Å². The van der Waals surface area contributed by atoms with Crippen molar-refractivity contribution in [2.24, 2.45) is 0 Å². The predicted octanol–water partition coefficient (Wildman–Crippen LogP) is 3.69. The fourth-order valence-electron chi connectivity index (χ4n) is 2.54.